The van der Waals surface area contributed by atoms with Crippen LogP contribution in [-0.2, 0) is 4.79 Å². The monoisotopic (exact) mass is 420 g/mol. The lowest BCUT2D eigenvalue weighted by Gasteiger charge is -2.17. The van der Waals surface area contributed by atoms with Gasteiger partial charge in [-0.2, -0.15) is 0 Å². The lowest BCUT2D eigenvalue weighted by atomic mass is 9.90. The fraction of sp³-hybridized carbons (Fsp3) is 0.0870. The van der Waals surface area contributed by atoms with Gasteiger partial charge in [-0.25, -0.2) is 4.79 Å². The van der Waals surface area contributed by atoms with Crippen LogP contribution in [0.5, 0.6) is 5.75 Å². The topological polar surface area (TPSA) is 143 Å². The molecule has 0 unspecified atom stereocenters. The van der Waals surface area contributed by atoms with Crippen molar-refractivity contribution < 1.29 is 24.2 Å². The Morgan fingerprint density at radius 3 is 2.45 bits per heavy atom. The number of nitrogens with one attached hydrogen (secondary N) is 1. The Labute approximate surface area is 176 Å². The number of carboxylic acid groups (broad SMARTS) is 1. The fourth-order valence-electron chi connectivity index (χ4n) is 3.24. The van der Waals surface area contributed by atoms with Gasteiger partial charge in [-0.05, 0) is 42.0 Å². The van der Waals surface area contributed by atoms with Crippen molar-refractivity contribution in [2.24, 2.45) is 5.73 Å². The average Bonchev–Trinajstić information content (AvgIpc) is 2.77. The molecule has 8 heteroatoms. The second-order valence-corrected chi connectivity index (χ2v) is 6.53. The molecule has 1 aliphatic carbocycles. The van der Waals surface area contributed by atoms with Crippen LogP contribution in [0.25, 0.3) is 33.4 Å². The number of aromatic hydroxyl groups is 1. The van der Waals surface area contributed by atoms with Crippen molar-refractivity contribution in [1.29, 1.82) is 0 Å². The van der Waals surface area contributed by atoms with Gasteiger partial charge >= 0.3 is 5.97 Å². The number of carbonyl (C=O) groups is 2. The van der Waals surface area contributed by atoms with Gasteiger partial charge in [0, 0.05) is 47.9 Å². The molecule has 4 rings (SSSR count). The fourth-order valence-corrected chi connectivity index (χ4v) is 3.24. The molecule has 0 bridgehead atoms. The van der Waals surface area contributed by atoms with Crippen LogP contribution in [0.3, 0.4) is 0 Å². The highest BCUT2D eigenvalue weighted by Crippen LogP contribution is 2.42. The number of hydrogen-bond acceptors (Lipinski definition) is 7. The third-order valence-electron chi connectivity index (χ3n) is 4.58. The summed E-state index contributed by atoms with van der Waals surface area (Å²) < 4.78 is 5.80. The second-order valence-electron chi connectivity index (χ2n) is 6.53. The van der Waals surface area contributed by atoms with Crippen molar-refractivity contribution in [2.75, 3.05) is 18.9 Å². The largest absolute Gasteiger partial charge is 0.508 e. The van der Waals surface area contributed by atoms with Gasteiger partial charge in [0.2, 0.25) is 0 Å². The van der Waals surface area contributed by atoms with E-state index in [-0.39, 0.29) is 23.3 Å². The maximum absolute atomic E-state index is 11.9. The smallest absolute Gasteiger partial charge is 0.336 e. The molecule has 158 valence electrons. The highest BCUT2D eigenvalue weighted by Gasteiger charge is 2.22. The van der Waals surface area contributed by atoms with E-state index in [1.54, 1.807) is 37.4 Å². The molecule has 8 nitrogen and oxygen atoms in total. The molecule has 5 N–H and O–H groups in total. The molecule has 2 aromatic carbocycles. The average molecular weight is 420 g/mol. The molecule has 1 aliphatic heterocycles. The number of phenolic OH excluding ortho intramolecular Hbond substituents is 1. The number of carbonyl (C=O) groups excluding carboxylic acids is 1. The molecular weight excluding hydrogens is 400 g/mol. The Morgan fingerprint density at radius 2 is 1.81 bits per heavy atom. The van der Waals surface area contributed by atoms with Crippen molar-refractivity contribution in [3.05, 3.63) is 70.4 Å². The number of hydrogen-bond donors (Lipinski definition) is 4. The maximum atomic E-state index is 11.9. The molecule has 1 heterocycles. The SMILES string of the molecule is CNc1ccc(-c2c3ccc(=O)cc-3oc3cc(O)ccc23)c(C(=O)O)c1.NCC=O. The first kappa shape index (κ1) is 21.5. The highest BCUT2D eigenvalue weighted by atomic mass is 16.4. The summed E-state index contributed by atoms with van der Waals surface area (Å²) in [7, 11) is 1.71. The van der Waals surface area contributed by atoms with E-state index in [0.717, 1.165) is 0 Å². The van der Waals surface area contributed by atoms with Crippen LogP contribution in [0.1, 0.15) is 10.4 Å². The van der Waals surface area contributed by atoms with Gasteiger partial charge in [0.15, 0.2) is 5.43 Å². The zero-order chi connectivity index (χ0) is 22.5. The minimum atomic E-state index is -1.07. The molecule has 0 atom stereocenters. The second kappa shape index (κ2) is 9.10. The van der Waals surface area contributed by atoms with Gasteiger partial charge < -0.3 is 30.5 Å². The van der Waals surface area contributed by atoms with Crippen molar-refractivity contribution in [3.8, 4) is 28.2 Å². The molecule has 0 fully saturated rings. The molecule has 31 heavy (non-hydrogen) atoms. The summed E-state index contributed by atoms with van der Waals surface area (Å²) in [5, 5.41) is 23.1. The van der Waals surface area contributed by atoms with Crippen molar-refractivity contribution in [2.45, 2.75) is 0 Å². The number of aldehydes is 1. The van der Waals surface area contributed by atoms with Gasteiger partial charge in [0.1, 0.15) is 23.4 Å². The van der Waals surface area contributed by atoms with Gasteiger partial charge in [-0.15, -0.1) is 0 Å². The molecule has 0 radical (unpaired) electrons. The number of phenols is 1. The van der Waals surface area contributed by atoms with Gasteiger partial charge in [-0.3, -0.25) is 4.79 Å². The minimum absolute atomic E-state index is 0.0128. The van der Waals surface area contributed by atoms with E-state index in [9.17, 15) is 19.8 Å². The summed E-state index contributed by atoms with van der Waals surface area (Å²) in [6, 6.07) is 14.1. The number of anilines is 1. The molecule has 0 aromatic heterocycles. The number of fused-ring (bicyclic) bond motifs is 2. The van der Waals surface area contributed by atoms with Crippen LogP contribution in [-0.4, -0.2) is 36.1 Å². The van der Waals surface area contributed by atoms with Crippen LogP contribution in [0.15, 0.2) is 63.8 Å². The number of rotatable bonds is 4. The maximum Gasteiger partial charge on any atom is 0.336 e. The Kier molecular flexibility index (Phi) is 6.32. The van der Waals surface area contributed by atoms with E-state index in [2.05, 4.69) is 11.1 Å². The third-order valence-corrected chi connectivity index (χ3v) is 4.58. The van der Waals surface area contributed by atoms with Crippen molar-refractivity contribution in [1.82, 2.24) is 0 Å². The van der Waals surface area contributed by atoms with Crippen molar-refractivity contribution in [3.63, 3.8) is 0 Å². The van der Waals surface area contributed by atoms with E-state index < -0.39 is 5.97 Å². The van der Waals surface area contributed by atoms with Gasteiger partial charge in [0.05, 0.1) is 5.56 Å². The summed E-state index contributed by atoms with van der Waals surface area (Å²) in [6.45, 7) is 0.139. The summed E-state index contributed by atoms with van der Waals surface area (Å²) in [5.74, 6) is -0.730. The van der Waals surface area contributed by atoms with Crippen LogP contribution in [0, 0.1) is 0 Å². The Bertz CT molecular complexity index is 1300. The number of benzene rings is 3. The van der Waals surface area contributed by atoms with Crippen molar-refractivity contribution >= 4 is 28.9 Å². The zero-order valence-corrected chi connectivity index (χ0v) is 16.6. The van der Waals surface area contributed by atoms with E-state index in [0.29, 0.717) is 45.4 Å². The van der Waals surface area contributed by atoms with Gasteiger partial charge in [0.25, 0.3) is 0 Å². The highest BCUT2D eigenvalue weighted by molar-refractivity contribution is 6.08. The van der Waals surface area contributed by atoms with E-state index in [1.165, 1.54) is 24.3 Å². The van der Waals surface area contributed by atoms with E-state index >= 15 is 0 Å². The number of nitrogens with two attached hydrogens (primary N) is 1. The Hall–Kier alpha value is -4.17. The van der Waals surface area contributed by atoms with Crippen LogP contribution in [0.2, 0.25) is 0 Å². The Balaban J connectivity index is 0.000000628. The normalized spacial score (nSPS) is 10.4. The molecule has 2 aromatic rings. The molecular formula is C23H20N2O6. The summed E-state index contributed by atoms with van der Waals surface area (Å²) in [4.78, 5) is 32.7. The summed E-state index contributed by atoms with van der Waals surface area (Å²) in [6.07, 6.45) is 0.653. The summed E-state index contributed by atoms with van der Waals surface area (Å²) >= 11 is 0. The lowest BCUT2D eigenvalue weighted by molar-refractivity contribution is -0.106. The standard InChI is InChI=1S/C21H15NO5.C2H5NO/c1-22-11-2-5-14(17(8-11)21(25)26)20-15-6-3-12(23)9-18(15)27-19-10-13(24)4-7-16(19)20;3-1-2-4/h2-10,22-23H,1H3,(H,25,26);2H,1,3H2. The Morgan fingerprint density at radius 1 is 1.10 bits per heavy atom. The lowest BCUT2D eigenvalue weighted by Crippen LogP contribution is -2.04. The van der Waals surface area contributed by atoms with Gasteiger partial charge in [-0.1, -0.05) is 6.07 Å². The molecule has 0 saturated heterocycles. The molecule has 0 saturated carbocycles. The van der Waals surface area contributed by atoms with Crippen LogP contribution < -0.4 is 16.5 Å². The predicted octanol–water partition coefficient (Wildman–Crippen LogP) is 3.15. The number of aromatic carboxylic acids is 1. The van der Waals surface area contributed by atoms with E-state index in [1.807, 2.05) is 0 Å². The molecule has 2 aliphatic rings. The number of carboxylic acids is 1. The molecule has 0 spiro atoms. The van der Waals surface area contributed by atoms with Crippen LogP contribution >= 0.6 is 0 Å². The first-order chi connectivity index (χ1) is 14.9. The first-order valence-electron chi connectivity index (χ1n) is 9.28. The zero-order valence-electron chi connectivity index (χ0n) is 16.6. The quantitative estimate of drug-likeness (QED) is 0.291. The molecule has 0 amide bonds. The van der Waals surface area contributed by atoms with E-state index in [4.69, 9.17) is 9.21 Å². The predicted molar refractivity (Wildman–Crippen MR) is 118 cm³/mol. The summed E-state index contributed by atoms with van der Waals surface area (Å²) in [5.41, 5.74) is 7.33. The third kappa shape index (κ3) is 4.39. The first-order valence-corrected chi connectivity index (χ1v) is 9.28. The minimum Gasteiger partial charge on any atom is -0.508 e. The van der Waals surface area contributed by atoms with Crippen LogP contribution in [0.4, 0.5) is 5.69 Å².